The molecule has 0 heterocycles. The van der Waals surface area contributed by atoms with E-state index in [4.69, 9.17) is 4.74 Å². The Balaban J connectivity index is 3.01. The van der Waals surface area contributed by atoms with Crippen LogP contribution in [-0.2, 0) is 0 Å². The lowest BCUT2D eigenvalue weighted by Gasteiger charge is -2.28. The number of hydrogen-bond donors (Lipinski definition) is 1. The lowest BCUT2D eigenvalue weighted by Crippen LogP contribution is -2.28. The van der Waals surface area contributed by atoms with Crippen LogP contribution >= 0.6 is 15.9 Å². The molecule has 114 valence electrons. The van der Waals surface area contributed by atoms with Crippen LogP contribution in [0.1, 0.15) is 58.1 Å². The molecule has 2 nitrogen and oxygen atoms in total. The van der Waals surface area contributed by atoms with Gasteiger partial charge in [-0.15, -0.1) is 0 Å². The van der Waals surface area contributed by atoms with Gasteiger partial charge < -0.3 is 10.1 Å². The zero-order valence-electron chi connectivity index (χ0n) is 13.2. The Morgan fingerprint density at radius 1 is 1.15 bits per heavy atom. The molecule has 0 amide bonds. The smallest absolute Gasteiger partial charge is 0.133 e. The van der Waals surface area contributed by atoms with E-state index in [2.05, 4.69) is 60.2 Å². The van der Waals surface area contributed by atoms with Crippen LogP contribution in [0.5, 0.6) is 5.75 Å². The molecule has 3 heteroatoms. The van der Waals surface area contributed by atoms with Crippen molar-refractivity contribution >= 4 is 15.9 Å². The zero-order chi connectivity index (χ0) is 15.0. The van der Waals surface area contributed by atoms with Gasteiger partial charge in [0.05, 0.1) is 11.6 Å². The molecule has 1 rings (SSSR count). The summed E-state index contributed by atoms with van der Waals surface area (Å²) in [6.45, 7) is 7.73. The molecule has 1 aromatic rings. The lowest BCUT2D eigenvalue weighted by atomic mass is 9.86. The van der Waals surface area contributed by atoms with Gasteiger partial charge in [-0.05, 0) is 58.9 Å². The van der Waals surface area contributed by atoms with E-state index in [1.54, 1.807) is 7.11 Å². The van der Waals surface area contributed by atoms with Gasteiger partial charge in [0.1, 0.15) is 5.75 Å². The summed E-state index contributed by atoms with van der Waals surface area (Å²) in [5.74, 6) is 1.59. The maximum atomic E-state index is 5.33. The van der Waals surface area contributed by atoms with E-state index in [0.29, 0.717) is 12.0 Å². The molecule has 1 N–H and O–H groups in total. The van der Waals surface area contributed by atoms with E-state index in [9.17, 15) is 0 Å². The summed E-state index contributed by atoms with van der Waals surface area (Å²) >= 11 is 3.60. The van der Waals surface area contributed by atoms with E-state index in [1.165, 1.54) is 31.2 Å². The molecule has 1 unspecified atom stereocenters. The summed E-state index contributed by atoms with van der Waals surface area (Å²) in [5, 5.41) is 3.67. The maximum Gasteiger partial charge on any atom is 0.133 e. The highest BCUT2D eigenvalue weighted by Crippen LogP contribution is 2.34. The van der Waals surface area contributed by atoms with Gasteiger partial charge >= 0.3 is 0 Å². The molecule has 0 radical (unpaired) electrons. The topological polar surface area (TPSA) is 21.3 Å². The zero-order valence-corrected chi connectivity index (χ0v) is 14.8. The predicted octanol–water partition coefficient (Wildman–Crippen LogP) is 5.32. The van der Waals surface area contributed by atoms with Crippen molar-refractivity contribution in [3.8, 4) is 5.75 Å². The number of ether oxygens (including phenoxy) is 1. The average molecular weight is 342 g/mol. The monoisotopic (exact) mass is 341 g/mol. The summed E-state index contributed by atoms with van der Waals surface area (Å²) in [6.07, 6.45) is 5.03. The molecule has 0 aromatic heterocycles. The predicted molar refractivity (Wildman–Crippen MR) is 90.4 cm³/mol. The fourth-order valence-corrected chi connectivity index (χ4v) is 3.43. The van der Waals surface area contributed by atoms with Gasteiger partial charge in [0.25, 0.3) is 0 Å². The Morgan fingerprint density at radius 3 is 2.25 bits per heavy atom. The first-order valence-corrected chi connectivity index (χ1v) is 8.53. The lowest BCUT2D eigenvalue weighted by molar-refractivity contribution is 0.320. The van der Waals surface area contributed by atoms with Crippen LogP contribution in [0, 0.1) is 5.92 Å². The Labute approximate surface area is 132 Å². The summed E-state index contributed by atoms with van der Waals surface area (Å²) in [7, 11) is 1.71. The second-order valence-corrected chi connectivity index (χ2v) is 6.12. The van der Waals surface area contributed by atoms with E-state index in [0.717, 1.165) is 16.8 Å². The number of rotatable bonds is 9. The van der Waals surface area contributed by atoms with Gasteiger partial charge in [-0.3, -0.25) is 0 Å². The second kappa shape index (κ2) is 9.41. The van der Waals surface area contributed by atoms with Gasteiger partial charge in [-0.25, -0.2) is 0 Å². The third-order valence-electron chi connectivity index (χ3n) is 3.75. The van der Waals surface area contributed by atoms with Crippen molar-refractivity contribution in [1.29, 1.82) is 0 Å². The molecule has 0 fully saturated rings. The van der Waals surface area contributed by atoms with E-state index >= 15 is 0 Å². The van der Waals surface area contributed by atoms with Gasteiger partial charge in [0.2, 0.25) is 0 Å². The number of halogens is 1. The summed E-state index contributed by atoms with van der Waals surface area (Å²) < 4.78 is 6.36. The number of benzene rings is 1. The quantitative estimate of drug-likeness (QED) is 0.655. The fraction of sp³-hybridized carbons (Fsp3) is 0.647. The third-order valence-corrected chi connectivity index (χ3v) is 4.37. The van der Waals surface area contributed by atoms with Crippen molar-refractivity contribution in [2.45, 2.75) is 52.5 Å². The molecule has 0 spiro atoms. The van der Waals surface area contributed by atoms with Crippen LogP contribution in [-0.4, -0.2) is 13.7 Å². The van der Waals surface area contributed by atoms with E-state index in [-0.39, 0.29) is 0 Å². The summed E-state index contributed by atoms with van der Waals surface area (Å²) in [4.78, 5) is 0. The van der Waals surface area contributed by atoms with Gasteiger partial charge in [-0.2, -0.15) is 0 Å². The van der Waals surface area contributed by atoms with Crippen molar-refractivity contribution in [1.82, 2.24) is 5.32 Å². The molecule has 20 heavy (non-hydrogen) atoms. The summed E-state index contributed by atoms with van der Waals surface area (Å²) in [6, 6.07) is 6.88. The molecule has 1 aromatic carbocycles. The van der Waals surface area contributed by atoms with Crippen LogP contribution < -0.4 is 10.1 Å². The standard InChI is InChI=1S/C17H28BrNO/c1-5-8-13(9-6-2)17(19-7-3)14-10-11-16(20-4)15(18)12-14/h10-13,17,19H,5-9H2,1-4H3. The Bertz CT molecular complexity index is 389. The molecule has 1 atom stereocenters. The molecular weight excluding hydrogens is 314 g/mol. The maximum absolute atomic E-state index is 5.33. The van der Waals surface area contributed by atoms with Crippen molar-refractivity contribution in [2.75, 3.05) is 13.7 Å². The molecule has 0 saturated heterocycles. The summed E-state index contributed by atoms with van der Waals surface area (Å²) in [5.41, 5.74) is 1.35. The number of nitrogens with one attached hydrogen (secondary N) is 1. The third kappa shape index (κ3) is 4.78. The minimum absolute atomic E-state index is 0.433. The highest BCUT2D eigenvalue weighted by atomic mass is 79.9. The van der Waals surface area contributed by atoms with Crippen LogP contribution in [0.3, 0.4) is 0 Å². The van der Waals surface area contributed by atoms with Gasteiger partial charge in [0.15, 0.2) is 0 Å². The first kappa shape index (κ1) is 17.5. The van der Waals surface area contributed by atoms with Crippen LogP contribution in [0.2, 0.25) is 0 Å². The highest BCUT2D eigenvalue weighted by Gasteiger charge is 2.21. The van der Waals surface area contributed by atoms with Crippen molar-refractivity contribution in [3.63, 3.8) is 0 Å². The van der Waals surface area contributed by atoms with Crippen molar-refractivity contribution in [2.24, 2.45) is 5.92 Å². The fourth-order valence-electron chi connectivity index (χ4n) is 2.87. The Kier molecular flexibility index (Phi) is 8.24. The first-order valence-electron chi connectivity index (χ1n) is 7.74. The Hall–Kier alpha value is -0.540. The van der Waals surface area contributed by atoms with E-state index < -0.39 is 0 Å². The van der Waals surface area contributed by atoms with E-state index in [1.807, 2.05) is 0 Å². The average Bonchev–Trinajstić information content (AvgIpc) is 2.44. The van der Waals surface area contributed by atoms with Gasteiger partial charge in [-0.1, -0.05) is 39.7 Å². The SMILES string of the molecule is CCCC(CCC)C(NCC)c1ccc(OC)c(Br)c1. The molecule has 0 aliphatic carbocycles. The number of hydrogen-bond acceptors (Lipinski definition) is 2. The molecule has 0 saturated carbocycles. The first-order chi connectivity index (χ1) is 9.67. The second-order valence-electron chi connectivity index (χ2n) is 5.27. The van der Waals surface area contributed by atoms with Crippen LogP contribution in [0.4, 0.5) is 0 Å². The molecule has 0 aliphatic heterocycles. The number of methoxy groups -OCH3 is 1. The highest BCUT2D eigenvalue weighted by molar-refractivity contribution is 9.10. The minimum Gasteiger partial charge on any atom is -0.496 e. The molecular formula is C17H28BrNO. The van der Waals surface area contributed by atoms with Crippen LogP contribution in [0.25, 0.3) is 0 Å². The normalized spacial score (nSPS) is 12.7. The van der Waals surface area contributed by atoms with Crippen molar-refractivity contribution < 1.29 is 4.74 Å². The minimum atomic E-state index is 0.433. The Morgan fingerprint density at radius 2 is 1.80 bits per heavy atom. The molecule has 0 bridgehead atoms. The van der Waals surface area contributed by atoms with Gasteiger partial charge in [0, 0.05) is 6.04 Å². The van der Waals surface area contributed by atoms with Crippen molar-refractivity contribution in [3.05, 3.63) is 28.2 Å². The largest absolute Gasteiger partial charge is 0.496 e. The van der Waals surface area contributed by atoms with Crippen LogP contribution in [0.15, 0.2) is 22.7 Å². The molecule has 0 aliphatic rings.